The number of nitro groups is 1. The number of hydrogen-bond donors (Lipinski definition) is 0. The molecular formula is C7H5NO2S3. The number of rotatable bonds is 2. The van der Waals surface area contributed by atoms with Crippen LogP contribution in [-0.4, -0.2) is 11.2 Å². The summed E-state index contributed by atoms with van der Waals surface area (Å²) in [5.74, 6) is 0. The zero-order chi connectivity index (χ0) is 9.42. The summed E-state index contributed by atoms with van der Waals surface area (Å²) >= 11 is 4.51. The minimum Gasteiger partial charge on any atom is -0.258 e. The molecule has 0 spiro atoms. The average molecular weight is 231 g/mol. The van der Waals surface area contributed by atoms with Crippen LogP contribution in [0.5, 0.6) is 0 Å². The van der Waals surface area contributed by atoms with E-state index in [2.05, 4.69) is 0 Å². The zero-order valence-corrected chi connectivity index (χ0v) is 9.09. The van der Waals surface area contributed by atoms with Crippen molar-refractivity contribution < 1.29 is 4.92 Å². The first-order valence-electron chi connectivity index (χ1n) is 3.42. The zero-order valence-electron chi connectivity index (χ0n) is 6.64. The fraction of sp³-hybridized carbons (Fsp3) is 0.143. The first-order valence-corrected chi connectivity index (χ1v) is 6.28. The fourth-order valence-electron chi connectivity index (χ4n) is 0.991. The molecule has 6 heteroatoms. The third-order valence-electron chi connectivity index (χ3n) is 1.55. The van der Waals surface area contributed by atoms with Crippen molar-refractivity contribution in [2.45, 2.75) is 4.21 Å². The summed E-state index contributed by atoms with van der Waals surface area (Å²) in [6.07, 6.45) is 2.00. The first kappa shape index (κ1) is 8.98. The van der Waals surface area contributed by atoms with Gasteiger partial charge in [-0.25, -0.2) is 0 Å². The van der Waals surface area contributed by atoms with Crippen molar-refractivity contribution in [2.24, 2.45) is 0 Å². The highest BCUT2D eigenvalue weighted by Crippen LogP contribution is 2.39. The monoisotopic (exact) mass is 231 g/mol. The number of nitrogens with zero attached hydrogens (tertiary/aromatic N) is 1. The SMILES string of the molecule is CSc1cc2sc([N+](=O)[O-])cc2s1. The van der Waals surface area contributed by atoms with Gasteiger partial charge in [0.2, 0.25) is 0 Å². The van der Waals surface area contributed by atoms with E-state index in [4.69, 9.17) is 0 Å². The van der Waals surface area contributed by atoms with Crippen molar-refractivity contribution >= 4 is 48.8 Å². The van der Waals surface area contributed by atoms with Gasteiger partial charge in [0.1, 0.15) is 0 Å². The summed E-state index contributed by atoms with van der Waals surface area (Å²) in [7, 11) is 0. The van der Waals surface area contributed by atoms with Crippen LogP contribution < -0.4 is 0 Å². The molecule has 0 aromatic carbocycles. The second kappa shape index (κ2) is 3.28. The molecule has 2 aromatic heterocycles. The first-order chi connectivity index (χ1) is 6.20. The van der Waals surface area contributed by atoms with Crippen LogP contribution in [0.3, 0.4) is 0 Å². The van der Waals surface area contributed by atoms with Crippen molar-refractivity contribution in [3.63, 3.8) is 0 Å². The van der Waals surface area contributed by atoms with Crippen LogP contribution in [-0.2, 0) is 0 Å². The van der Waals surface area contributed by atoms with Gasteiger partial charge in [0.25, 0.3) is 0 Å². The molecule has 0 unspecified atom stereocenters. The maximum Gasteiger partial charge on any atom is 0.326 e. The molecule has 0 radical (unpaired) electrons. The van der Waals surface area contributed by atoms with E-state index in [-0.39, 0.29) is 9.92 Å². The van der Waals surface area contributed by atoms with E-state index in [1.807, 2.05) is 12.3 Å². The van der Waals surface area contributed by atoms with E-state index < -0.39 is 0 Å². The minimum absolute atomic E-state index is 0.230. The lowest BCUT2D eigenvalue weighted by Gasteiger charge is -1.82. The Bertz CT molecular complexity index is 428. The van der Waals surface area contributed by atoms with Gasteiger partial charge < -0.3 is 0 Å². The molecule has 0 saturated heterocycles. The molecular weight excluding hydrogens is 226 g/mol. The Balaban J connectivity index is 2.54. The maximum atomic E-state index is 10.4. The van der Waals surface area contributed by atoms with E-state index in [1.165, 1.54) is 15.5 Å². The fourth-order valence-corrected chi connectivity index (χ4v) is 3.84. The van der Waals surface area contributed by atoms with Crippen LogP contribution in [0.25, 0.3) is 9.40 Å². The number of thioether (sulfide) groups is 1. The summed E-state index contributed by atoms with van der Waals surface area (Å²) in [4.78, 5) is 10.1. The standard InChI is InChI=1S/C7H5NO2S3/c1-11-7-3-5-4(13-7)2-6(12-5)8(9)10/h2-3H,1H3. The third-order valence-corrected chi connectivity index (χ3v) is 4.86. The lowest BCUT2D eigenvalue weighted by atomic mass is 10.5. The van der Waals surface area contributed by atoms with E-state index in [0.717, 1.165) is 9.40 Å². The Hall–Kier alpha value is -0.590. The third kappa shape index (κ3) is 1.56. The van der Waals surface area contributed by atoms with E-state index >= 15 is 0 Å². The molecule has 2 aromatic rings. The Morgan fingerprint density at radius 3 is 2.62 bits per heavy atom. The molecule has 0 aliphatic carbocycles. The van der Waals surface area contributed by atoms with Crippen LogP contribution in [0.4, 0.5) is 5.00 Å². The van der Waals surface area contributed by atoms with Gasteiger partial charge >= 0.3 is 5.00 Å². The van der Waals surface area contributed by atoms with Gasteiger partial charge in [0.05, 0.1) is 18.5 Å². The summed E-state index contributed by atoms with van der Waals surface area (Å²) in [6, 6.07) is 3.65. The van der Waals surface area contributed by atoms with Crippen LogP contribution in [0.15, 0.2) is 16.3 Å². The van der Waals surface area contributed by atoms with Crippen LogP contribution >= 0.6 is 34.4 Å². The largest absolute Gasteiger partial charge is 0.326 e. The van der Waals surface area contributed by atoms with Crippen LogP contribution in [0.1, 0.15) is 0 Å². The lowest BCUT2D eigenvalue weighted by Crippen LogP contribution is -1.80. The topological polar surface area (TPSA) is 43.1 Å². The minimum atomic E-state index is -0.337. The van der Waals surface area contributed by atoms with Crippen molar-refractivity contribution in [3.8, 4) is 0 Å². The molecule has 0 bridgehead atoms. The summed E-state index contributed by atoms with van der Waals surface area (Å²) in [6.45, 7) is 0. The van der Waals surface area contributed by atoms with Gasteiger partial charge in [-0.05, 0) is 12.3 Å². The predicted octanol–water partition coefficient (Wildman–Crippen LogP) is 3.59. The van der Waals surface area contributed by atoms with Gasteiger partial charge in [0.15, 0.2) is 0 Å². The second-order valence-corrected chi connectivity index (χ2v) is 5.59. The Morgan fingerprint density at radius 1 is 1.38 bits per heavy atom. The highest BCUT2D eigenvalue weighted by atomic mass is 32.2. The van der Waals surface area contributed by atoms with Crippen LogP contribution in [0, 0.1) is 10.1 Å². The van der Waals surface area contributed by atoms with E-state index in [1.54, 1.807) is 29.2 Å². The normalized spacial score (nSPS) is 10.8. The molecule has 0 atom stereocenters. The van der Waals surface area contributed by atoms with Crippen molar-refractivity contribution in [3.05, 3.63) is 22.2 Å². The number of thiophene rings is 2. The van der Waals surface area contributed by atoms with Crippen LogP contribution in [0.2, 0.25) is 0 Å². The summed E-state index contributed by atoms with van der Waals surface area (Å²) in [5.41, 5.74) is 0. The van der Waals surface area contributed by atoms with Crippen molar-refractivity contribution in [1.29, 1.82) is 0 Å². The molecule has 2 heterocycles. The molecule has 68 valence electrons. The highest BCUT2D eigenvalue weighted by Gasteiger charge is 2.13. The molecule has 3 nitrogen and oxygen atoms in total. The van der Waals surface area contributed by atoms with Gasteiger partial charge in [-0.15, -0.1) is 23.1 Å². The van der Waals surface area contributed by atoms with Crippen molar-refractivity contribution in [2.75, 3.05) is 6.26 Å². The van der Waals surface area contributed by atoms with Gasteiger partial charge in [-0.3, -0.25) is 10.1 Å². The molecule has 0 saturated carbocycles. The Kier molecular flexibility index (Phi) is 2.27. The van der Waals surface area contributed by atoms with Gasteiger partial charge in [0, 0.05) is 6.07 Å². The second-order valence-electron chi connectivity index (χ2n) is 2.34. The molecule has 0 fully saturated rings. The number of hydrogen-bond acceptors (Lipinski definition) is 5. The van der Waals surface area contributed by atoms with Gasteiger partial charge in [-0.2, -0.15) is 0 Å². The molecule has 13 heavy (non-hydrogen) atoms. The molecule has 0 aliphatic rings. The molecule has 0 amide bonds. The molecule has 0 aliphatic heterocycles. The quantitative estimate of drug-likeness (QED) is 0.450. The van der Waals surface area contributed by atoms with Gasteiger partial charge in [-0.1, -0.05) is 11.3 Å². The predicted molar refractivity (Wildman–Crippen MR) is 58.1 cm³/mol. The lowest BCUT2D eigenvalue weighted by molar-refractivity contribution is -0.380. The Labute approximate surface area is 86.5 Å². The Morgan fingerprint density at radius 2 is 2.08 bits per heavy atom. The van der Waals surface area contributed by atoms with Crippen molar-refractivity contribution in [1.82, 2.24) is 0 Å². The maximum absolute atomic E-state index is 10.4. The highest BCUT2D eigenvalue weighted by molar-refractivity contribution is 8.00. The van der Waals surface area contributed by atoms with E-state index in [9.17, 15) is 10.1 Å². The summed E-state index contributed by atoms with van der Waals surface area (Å²) in [5, 5.41) is 10.7. The number of fused-ring (bicyclic) bond motifs is 1. The smallest absolute Gasteiger partial charge is 0.258 e. The summed E-state index contributed by atoms with van der Waals surface area (Å²) < 4.78 is 3.23. The molecule has 2 rings (SSSR count). The molecule has 0 N–H and O–H groups in total. The van der Waals surface area contributed by atoms with E-state index in [0.29, 0.717) is 0 Å². The average Bonchev–Trinajstić information content (AvgIpc) is 2.58.